The molecule has 102 valence electrons. The molecule has 0 aliphatic rings. The largest absolute Gasteiger partial charge is 1.00 e. The number of carbonyl (C=O) groups is 1. The summed E-state index contributed by atoms with van der Waals surface area (Å²) in [6, 6.07) is 0.817. The summed E-state index contributed by atoms with van der Waals surface area (Å²) in [5, 5.41) is 19.5. The fraction of sp³-hybridized carbons (Fsp3) is 0.333. The number of nitrogens with two attached hydrogens (primary N) is 1. The molecule has 1 heterocycles. The number of carbonyl (C=O) groups excluding carboxylic acids is 1. The number of pyridine rings is 1. The number of carboxylic acid groups (broad SMARTS) is 2. The van der Waals surface area contributed by atoms with E-state index in [1.807, 2.05) is 6.92 Å². The van der Waals surface area contributed by atoms with Crippen molar-refractivity contribution >= 4 is 17.5 Å². The van der Waals surface area contributed by atoms with Gasteiger partial charge in [0, 0.05) is 6.54 Å². The van der Waals surface area contributed by atoms with Crippen LogP contribution < -0.4 is 159 Å². The first kappa shape index (κ1) is 26.8. The summed E-state index contributed by atoms with van der Waals surface area (Å²) < 4.78 is 36.4. The number of nitrogens with one attached hydrogen (secondary N) is 1. The van der Waals surface area contributed by atoms with E-state index in [1.54, 1.807) is 0 Å². The third kappa shape index (κ3) is 12.5. The molecule has 3 N–H and O–H groups in total. The zero-order valence-electron chi connectivity index (χ0n) is 11.2. The average Bonchev–Trinajstić information content (AvgIpc) is 2.19. The van der Waals surface area contributed by atoms with Gasteiger partial charge in [-0.25, -0.2) is 4.98 Å². The normalized spacial score (nSPS) is 9.20. The first-order valence-electron chi connectivity index (χ1n) is 4.63. The number of aromatic nitrogens is 1. The number of anilines is 2. The summed E-state index contributed by atoms with van der Waals surface area (Å²) >= 11 is 0. The van der Waals surface area contributed by atoms with E-state index in [9.17, 15) is 13.2 Å². The van der Waals surface area contributed by atoms with Gasteiger partial charge in [-0.05, 0) is 19.1 Å². The van der Waals surface area contributed by atoms with E-state index >= 15 is 0 Å². The molecule has 1 aromatic rings. The van der Waals surface area contributed by atoms with Gasteiger partial charge in [0.25, 0.3) is 0 Å². The quantitative estimate of drug-likeness (QED) is 0.393. The second-order valence-electron chi connectivity index (χ2n) is 2.93. The Morgan fingerprint density at radius 1 is 1.40 bits per heavy atom. The second kappa shape index (κ2) is 13.4. The molecule has 0 amide bonds. The van der Waals surface area contributed by atoms with Crippen LogP contribution in [0.4, 0.5) is 29.3 Å². The smallest absolute Gasteiger partial charge is 0.652 e. The van der Waals surface area contributed by atoms with Crippen molar-refractivity contribution in [2.75, 3.05) is 17.6 Å². The van der Waals surface area contributed by atoms with E-state index in [2.05, 4.69) is 10.3 Å². The summed E-state index contributed by atoms with van der Waals surface area (Å²) in [4.78, 5) is 11.6. The Morgan fingerprint density at radius 3 is 2.15 bits per heavy atom. The van der Waals surface area contributed by atoms with Crippen LogP contribution in [0.3, 0.4) is 0 Å². The molecule has 1 rings (SSSR count). The monoisotopic (exact) mass is 531 g/mol. The minimum absolute atomic E-state index is 0. The number of halogens is 3. The molecule has 0 fully saturated rings. The molecule has 1 aromatic heterocycles. The van der Waals surface area contributed by atoms with Crippen LogP contribution in [0.15, 0.2) is 12.3 Å². The van der Waals surface area contributed by atoms with Crippen molar-refractivity contribution in [3.63, 3.8) is 0 Å². The van der Waals surface area contributed by atoms with E-state index < -0.39 is 18.0 Å². The Bertz CT molecular complexity index is 415. The topological polar surface area (TPSA) is 114 Å². The molecule has 0 saturated heterocycles. The van der Waals surface area contributed by atoms with Gasteiger partial charge in [-0.1, -0.05) is 0 Å². The molecule has 0 spiro atoms. The number of rotatable bonds is 2. The molecule has 0 aromatic carbocycles. The molecular weight excluding hydrogens is 521 g/mol. The molecule has 11 heteroatoms. The molecule has 20 heavy (non-hydrogen) atoms. The number of nitrogens with zero attached hydrogens (tertiary/aromatic N) is 1. The number of alkyl halides is 3. The van der Waals surface area contributed by atoms with Gasteiger partial charge >= 0.3 is 144 Å². The standard InChI is InChI=1S/C8H10F3N3.CH2O3.2Cs/c1-2-13-6-4-14-7(3-5(6)12)8(9,10)11;2-1(3)4;;/h3-4,13H,2H2,1H3,(H2,12,14);(H2,2,3,4);;/q;;2*+1/p-2. The second-order valence-corrected chi connectivity index (χ2v) is 2.93. The van der Waals surface area contributed by atoms with Crippen molar-refractivity contribution in [3.8, 4) is 0 Å². The van der Waals surface area contributed by atoms with Crippen LogP contribution >= 0.6 is 0 Å². The van der Waals surface area contributed by atoms with E-state index in [4.69, 9.17) is 20.7 Å². The van der Waals surface area contributed by atoms with Gasteiger partial charge in [-0.15, -0.1) is 0 Å². The minimum atomic E-state index is -4.45. The van der Waals surface area contributed by atoms with Crippen molar-refractivity contribution in [2.45, 2.75) is 13.1 Å². The van der Waals surface area contributed by atoms with Crippen LogP contribution in [0.2, 0.25) is 0 Å². The third-order valence-electron chi connectivity index (χ3n) is 1.59. The Morgan fingerprint density at radius 2 is 1.85 bits per heavy atom. The molecular formula is C9H10Cs2F3N3O3. The maximum absolute atomic E-state index is 12.1. The van der Waals surface area contributed by atoms with Gasteiger partial charge in [-0.3, -0.25) is 0 Å². The third-order valence-corrected chi connectivity index (χ3v) is 1.59. The Hall–Kier alpha value is 1.91. The number of hydrogen-bond acceptors (Lipinski definition) is 6. The molecule has 0 bridgehead atoms. The molecule has 0 aliphatic carbocycles. The van der Waals surface area contributed by atoms with Crippen LogP contribution in [0.25, 0.3) is 0 Å². The molecule has 0 atom stereocenters. The SMILES string of the molecule is CCNc1cnc(C(F)(F)F)cc1N.O=C([O-])[O-].[Cs+].[Cs+]. The van der Waals surface area contributed by atoms with Crippen molar-refractivity contribution < 1.29 is 166 Å². The fourth-order valence-electron chi connectivity index (χ4n) is 0.964. The number of nitrogen functional groups attached to an aromatic ring is 1. The zero-order valence-corrected chi connectivity index (χ0v) is 23.8. The van der Waals surface area contributed by atoms with Crippen molar-refractivity contribution in [2.24, 2.45) is 0 Å². The summed E-state index contributed by atoms with van der Waals surface area (Å²) in [6.45, 7) is 2.40. The van der Waals surface area contributed by atoms with E-state index in [0.717, 1.165) is 12.3 Å². The van der Waals surface area contributed by atoms with Gasteiger partial charge in [0.05, 0.1) is 17.6 Å². The average molecular weight is 531 g/mol. The van der Waals surface area contributed by atoms with Crippen LogP contribution in [-0.4, -0.2) is 17.7 Å². The van der Waals surface area contributed by atoms with E-state index in [1.165, 1.54) is 0 Å². The first-order chi connectivity index (χ1) is 8.18. The van der Waals surface area contributed by atoms with Gasteiger partial charge in [0.15, 0.2) is 0 Å². The summed E-state index contributed by atoms with van der Waals surface area (Å²) in [5.74, 6) is 0. The summed E-state index contributed by atoms with van der Waals surface area (Å²) in [6.07, 6.45) is -5.69. The fourth-order valence-corrected chi connectivity index (χ4v) is 0.964. The maximum atomic E-state index is 12.1. The molecule has 0 radical (unpaired) electrons. The predicted octanol–water partition coefficient (Wildman–Crippen LogP) is -6.32. The zero-order chi connectivity index (χ0) is 14.3. The Kier molecular flexibility index (Phi) is 17.9. The van der Waals surface area contributed by atoms with Gasteiger partial charge in [-0.2, -0.15) is 13.2 Å². The predicted molar refractivity (Wildman–Crippen MR) is 53.2 cm³/mol. The molecule has 0 saturated carbocycles. The summed E-state index contributed by atoms with van der Waals surface area (Å²) in [7, 11) is 0. The number of hydrogen-bond donors (Lipinski definition) is 2. The molecule has 6 nitrogen and oxygen atoms in total. The maximum Gasteiger partial charge on any atom is 1.00 e. The van der Waals surface area contributed by atoms with Crippen LogP contribution in [0, 0.1) is 0 Å². The van der Waals surface area contributed by atoms with Crippen molar-refractivity contribution in [1.29, 1.82) is 0 Å². The van der Waals surface area contributed by atoms with E-state index in [-0.39, 0.29) is 143 Å². The van der Waals surface area contributed by atoms with Crippen LogP contribution in [0.5, 0.6) is 0 Å². The summed E-state index contributed by atoms with van der Waals surface area (Å²) in [5.41, 5.74) is 4.89. The Balaban J connectivity index is -0.000000429. The van der Waals surface area contributed by atoms with Gasteiger partial charge < -0.3 is 26.1 Å². The van der Waals surface area contributed by atoms with Gasteiger partial charge in [0.2, 0.25) is 0 Å². The van der Waals surface area contributed by atoms with Crippen molar-refractivity contribution in [3.05, 3.63) is 18.0 Å². The minimum Gasteiger partial charge on any atom is -0.652 e. The van der Waals surface area contributed by atoms with Crippen LogP contribution in [-0.2, 0) is 6.18 Å². The van der Waals surface area contributed by atoms with E-state index in [0.29, 0.717) is 12.2 Å². The van der Waals surface area contributed by atoms with Gasteiger partial charge in [0.1, 0.15) is 5.69 Å². The van der Waals surface area contributed by atoms with Crippen molar-refractivity contribution in [1.82, 2.24) is 4.98 Å². The first-order valence-corrected chi connectivity index (χ1v) is 4.63. The Labute approximate surface area is 231 Å². The van der Waals surface area contributed by atoms with Crippen LogP contribution in [0.1, 0.15) is 12.6 Å². The molecule has 0 unspecified atom stereocenters. The molecule has 0 aliphatic heterocycles.